The van der Waals surface area contributed by atoms with Gasteiger partial charge in [-0.3, -0.25) is 0 Å². The van der Waals surface area contributed by atoms with Gasteiger partial charge in [0.2, 0.25) is 0 Å². The summed E-state index contributed by atoms with van der Waals surface area (Å²) >= 11 is 4.63. The van der Waals surface area contributed by atoms with Crippen molar-refractivity contribution in [1.82, 2.24) is 0 Å². The zero-order valence-corrected chi connectivity index (χ0v) is 15.3. The average molecular weight is 360 g/mol. The van der Waals surface area contributed by atoms with Crippen LogP contribution in [-0.4, -0.2) is 69.5 Å². The highest BCUT2D eigenvalue weighted by Gasteiger charge is 2.15. The number of rotatable bonds is 15. The fourth-order valence-electron chi connectivity index (χ4n) is 1.26. The van der Waals surface area contributed by atoms with Crippen LogP contribution in [0.15, 0.2) is 0 Å². The molecule has 2 N–H and O–H groups in total. The van der Waals surface area contributed by atoms with Gasteiger partial charge in [-0.2, -0.15) is 0 Å². The van der Waals surface area contributed by atoms with Crippen molar-refractivity contribution in [2.24, 2.45) is 5.92 Å². The minimum atomic E-state index is -3.22. The van der Waals surface area contributed by atoms with Gasteiger partial charge in [-0.25, -0.2) is 0 Å². The van der Waals surface area contributed by atoms with Crippen molar-refractivity contribution in [2.45, 2.75) is 26.4 Å². The first-order valence-corrected chi connectivity index (χ1v) is 9.91. The lowest BCUT2D eigenvalue weighted by Crippen LogP contribution is -2.22. The average Bonchev–Trinajstić information content (AvgIpc) is 2.47. The molecule has 0 aromatic rings. The van der Waals surface area contributed by atoms with Crippen molar-refractivity contribution < 1.29 is 33.3 Å². The summed E-state index contributed by atoms with van der Waals surface area (Å²) in [7, 11) is 1.26. The summed E-state index contributed by atoms with van der Waals surface area (Å²) in [5, 5.41) is 9.55. The van der Waals surface area contributed by atoms with Crippen LogP contribution in [0.25, 0.3) is 0 Å². The minimum Gasteiger partial charge on any atom is -0.388 e. The smallest absolute Gasteiger partial charge is 0.324 e. The molecule has 0 aromatic carbocycles. The van der Waals surface area contributed by atoms with E-state index in [4.69, 9.17) is 18.7 Å². The number of hydrogen-bond acceptors (Lipinski definition) is 7. The van der Waals surface area contributed by atoms with Gasteiger partial charge >= 0.3 is 6.72 Å². The lowest BCUT2D eigenvalue weighted by molar-refractivity contribution is -0.0217. The van der Waals surface area contributed by atoms with Crippen molar-refractivity contribution in [3.05, 3.63) is 0 Å². The molecule has 0 bridgehead atoms. The molecule has 2 unspecified atom stereocenters. The van der Waals surface area contributed by atoms with Crippen LogP contribution in [0.1, 0.15) is 20.3 Å². The summed E-state index contributed by atoms with van der Waals surface area (Å²) in [6, 6.07) is 0. The zero-order chi connectivity index (χ0) is 16.8. The van der Waals surface area contributed by atoms with Crippen LogP contribution in [-0.2, 0) is 35.1 Å². The van der Waals surface area contributed by atoms with Crippen LogP contribution in [0.4, 0.5) is 0 Å². The molecule has 9 heteroatoms. The SMILES string of the molecule is COP(O)(=S)OCC(O)COCCOCCOCCC(C)C. The number of aliphatic hydroxyl groups is 1. The van der Waals surface area contributed by atoms with Crippen LogP contribution >= 0.6 is 6.72 Å². The van der Waals surface area contributed by atoms with E-state index in [1.165, 1.54) is 7.11 Å². The van der Waals surface area contributed by atoms with Crippen molar-refractivity contribution in [3.8, 4) is 0 Å². The molecule has 0 aliphatic carbocycles. The molecule has 2 atom stereocenters. The highest BCUT2D eigenvalue weighted by Crippen LogP contribution is 2.42. The van der Waals surface area contributed by atoms with Gasteiger partial charge in [0.1, 0.15) is 6.10 Å². The molecule has 0 saturated carbocycles. The monoisotopic (exact) mass is 360 g/mol. The van der Waals surface area contributed by atoms with E-state index in [9.17, 15) is 10.00 Å². The quantitative estimate of drug-likeness (QED) is 0.334. The van der Waals surface area contributed by atoms with Gasteiger partial charge in [0.25, 0.3) is 0 Å². The van der Waals surface area contributed by atoms with E-state index < -0.39 is 12.8 Å². The molecule has 22 heavy (non-hydrogen) atoms. The van der Waals surface area contributed by atoms with Crippen molar-refractivity contribution in [1.29, 1.82) is 0 Å². The van der Waals surface area contributed by atoms with E-state index in [2.05, 4.69) is 30.2 Å². The highest BCUT2D eigenvalue weighted by molar-refractivity contribution is 8.07. The molecule has 0 heterocycles. The first-order valence-electron chi connectivity index (χ1n) is 7.31. The Morgan fingerprint density at radius 2 is 1.50 bits per heavy atom. The molecule has 134 valence electrons. The Morgan fingerprint density at radius 1 is 0.955 bits per heavy atom. The van der Waals surface area contributed by atoms with Gasteiger partial charge in [-0.1, -0.05) is 13.8 Å². The van der Waals surface area contributed by atoms with Crippen LogP contribution in [0, 0.1) is 5.92 Å². The number of hydrogen-bond donors (Lipinski definition) is 2. The third kappa shape index (κ3) is 15.3. The van der Waals surface area contributed by atoms with Crippen molar-refractivity contribution in [3.63, 3.8) is 0 Å². The van der Waals surface area contributed by atoms with Crippen LogP contribution < -0.4 is 0 Å². The van der Waals surface area contributed by atoms with Gasteiger partial charge in [0.15, 0.2) is 0 Å². The van der Waals surface area contributed by atoms with E-state index in [1.54, 1.807) is 0 Å². The van der Waals surface area contributed by atoms with E-state index >= 15 is 0 Å². The third-order valence-electron chi connectivity index (χ3n) is 2.55. The van der Waals surface area contributed by atoms with Gasteiger partial charge in [0, 0.05) is 13.7 Å². The molecule has 0 aliphatic rings. The van der Waals surface area contributed by atoms with E-state index in [0.717, 1.165) is 13.0 Å². The van der Waals surface area contributed by atoms with Crippen LogP contribution in [0.2, 0.25) is 0 Å². The second kappa shape index (κ2) is 13.8. The van der Waals surface area contributed by atoms with Crippen molar-refractivity contribution in [2.75, 3.05) is 53.4 Å². The summed E-state index contributed by atoms with van der Waals surface area (Å²) in [6.45, 7) is 3.67. The Labute approximate surface area is 138 Å². The molecule has 0 saturated heterocycles. The Balaban J connectivity index is 3.30. The van der Waals surface area contributed by atoms with Gasteiger partial charge < -0.3 is 33.3 Å². The fraction of sp³-hybridized carbons (Fsp3) is 1.00. The van der Waals surface area contributed by atoms with Crippen LogP contribution in [0.3, 0.4) is 0 Å². The highest BCUT2D eigenvalue weighted by atomic mass is 32.5. The first-order chi connectivity index (χ1) is 10.4. The summed E-state index contributed by atoms with van der Waals surface area (Å²) in [4.78, 5) is 9.33. The van der Waals surface area contributed by atoms with Gasteiger partial charge in [0.05, 0.1) is 39.6 Å². The molecular formula is C13H29O7PS. The van der Waals surface area contributed by atoms with Gasteiger partial charge in [-0.15, -0.1) is 0 Å². The summed E-state index contributed by atoms with van der Waals surface area (Å²) in [6.07, 6.45) is 0.178. The molecular weight excluding hydrogens is 331 g/mol. The molecule has 0 rings (SSSR count). The van der Waals surface area contributed by atoms with E-state index in [-0.39, 0.29) is 13.2 Å². The van der Waals surface area contributed by atoms with Crippen LogP contribution in [0.5, 0.6) is 0 Å². The Morgan fingerprint density at radius 3 is 2.05 bits per heavy atom. The topological polar surface area (TPSA) is 86.6 Å². The number of ether oxygens (including phenoxy) is 3. The number of aliphatic hydroxyl groups excluding tert-OH is 1. The largest absolute Gasteiger partial charge is 0.388 e. The minimum absolute atomic E-state index is 0.0767. The third-order valence-corrected chi connectivity index (χ3v) is 4.25. The Hall–Kier alpha value is 0.370. The molecule has 0 spiro atoms. The van der Waals surface area contributed by atoms with Gasteiger partial charge in [-0.05, 0) is 24.1 Å². The molecule has 0 fully saturated rings. The van der Waals surface area contributed by atoms with Crippen molar-refractivity contribution >= 4 is 18.5 Å². The normalized spacial score (nSPS) is 15.9. The molecule has 0 amide bonds. The maximum atomic E-state index is 9.55. The summed E-state index contributed by atoms with van der Waals surface area (Å²) < 4.78 is 25.4. The maximum absolute atomic E-state index is 9.55. The molecule has 0 aliphatic heterocycles. The predicted octanol–water partition coefficient (Wildman–Crippen LogP) is 1.32. The molecule has 0 aromatic heterocycles. The lowest BCUT2D eigenvalue weighted by atomic mass is 10.1. The second-order valence-corrected chi connectivity index (χ2v) is 8.03. The zero-order valence-electron chi connectivity index (χ0n) is 13.6. The molecule has 7 nitrogen and oxygen atoms in total. The first kappa shape index (κ1) is 22.4. The Bertz CT molecular complexity index is 304. The van der Waals surface area contributed by atoms with E-state index in [1.807, 2.05) is 0 Å². The maximum Gasteiger partial charge on any atom is 0.324 e. The van der Waals surface area contributed by atoms with E-state index in [0.29, 0.717) is 32.3 Å². The predicted molar refractivity (Wildman–Crippen MR) is 87.4 cm³/mol. The second-order valence-electron chi connectivity index (χ2n) is 5.08. The summed E-state index contributed by atoms with van der Waals surface area (Å²) in [5.74, 6) is 0.646. The molecule has 0 radical (unpaired) electrons. The Kier molecular flexibility index (Phi) is 14.0. The summed E-state index contributed by atoms with van der Waals surface area (Å²) in [5.41, 5.74) is 0. The lowest BCUT2D eigenvalue weighted by Gasteiger charge is -2.16. The standard InChI is InChI=1S/C13H29O7PS/c1-12(2)4-5-17-6-7-18-8-9-19-10-13(14)11-20-21(15,22)16-3/h12-14H,4-11H2,1-3H3,(H,15,22). The fourth-order valence-corrected chi connectivity index (χ4v) is 1.91.